The molecule has 0 saturated carbocycles. The molecule has 1 aliphatic heterocycles. The van der Waals surface area contributed by atoms with Crippen LogP contribution in [0.15, 0.2) is 4.42 Å². The molecule has 1 N–H and O–H groups in total. The molecule has 5 heteroatoms. The molecule has 0 bridgehead atoms. The van der Waals surface area contributed by atoms with Crippen LogP contribution in [0, 0.1) is 12.8 Å². The number of nitrogens with zero attached hydrogens (tertiary/aromatic N) is 1. The molecule has 1 unspecified atom stereocenters. The van der Waals surface area contributed by atoms with Gasteiger partial charge in [0.25, 0.3) is 0 Å². The molecular weight excluding hydrogens is 226 g/mol. The zero-order valence-corrected chi connectivity index (χ0v) is 10.2. The molecule has 0 amide bonds. The van der Waals surface area contributed by atoms with Crippen LogP contribution in [-0.4, -0.2) is 18.1 Å². The number of piperidine rings is 1. The minimum absolute atomic E-state index is 0.295. The first-order valence-electron chi connectivity index (χ1n) is 6.02. The third-order valence-corrected chi connectivity index (χ3v) is 3.10. The second kappa shape index (κ2) is 4.72. The summed E-state index contributed by atoms with van der Waals surface area (Å²) in [5.74, 6) is -2.36. The molecule has 0 radical (unpaired) electrons. The molecule has 96 valence electrons. The first-order valence-corrected chi connectivity index (χ1v) is 6.02. The van der Waals surface area contributed by atoms with Gasteiger partial charge >= 0.3 is 5.92 Å². The summed E-state index contributed by atoms with van der Waals surface area (Å²) in [5.41, 5.74) is 0.302. The molecule has 1 aromatic heterocycles. The number of rotatable bonds is 3. The molecule has 2 heterocycles. The zero-order valence-electron chi connectivity index (χ0n) is 10.2. The van der Waals surface area contributed by atoms with E-state index in [0.29, 0.717) is 23.9 Å². The van der Waals surface area contributed by atoms with Gasteiger partial charge < -0.3 is 9.73 Å². The van der Waals surface area contributed by atoms with Gasteiger partial charge in [-0.05, 0) is 38.8 Å². The smallest absolute Gasteiger partial charge is 0.303 e. The summed E-state index contributed by atoms with van der Waals surface area (Å²) in [7, 11) is 0. The quantitative estimate of drug-likeness (QED) is 0.888. The minimum Gasteiger partial charge on any atom is -0.439 e. The third-order valence-electron chi connectivity index (χ3n) is 3.10. The molecule has 0 spiro atoms. The van der Waals surface area contributed by atoms with Crippen LogP contribution >= 0.6 is 0 Å². The minimum atomic E-state index is -2.94. The maximum Gasteiger partial charge on any atom is 0.303 e. The Hall–Kier alpha value is -0.970. The number of alkyl halides is 2. The van der Waals surface area contributed by atoms with Crippen LogP contribution in [0.25, 0.3) is 0 Å². The van der Waals surface area contributed by atoms with E-state index in [0.717, 1.165) is 32.9 Å². The first-order chi connectivity index (χ1) is 7.97. The van der Waals surface area contributed by atoms with E-state index >= 15 is 0 Å². The summed E-state index contributed by atoms with van der Waals surface area (Å²) < 4.78 is 31.5. The van der Waals surface area contributed by atoms with Crippen molar-refractivity contribution in [2.75, 3.05) is 13.1 Å². The SMILES string of the molecule is Cc1nc(CC2CCCNC2)oc1C(C)(F)F. The van der Waals surface area contributed by atoms with Crippen LogP contribution < -0.4 is 5.32 Å². The Labute approximate surface area is 99.6 Å². The summed E-state index contributed by atoms with van der Waals surface area (Å²) >= 11 is 0. The van der Waals surface area contributed by atoms with Crippen molar-refractivity contribution in [1.29, 1.82) is 0 Å². The van der Waals surface area contributed by atoms with Crippen molar-refractivity contribution in [3.63, 3.8) is 0 Å². The van der Waals surface area contributed by atoms with E-state index in [1.54, 1.807) is 6.92 Å². The normalized spacial score (nSPS) is 21.8. The molecule has 2 rings (SSSR count). The lowest BCUT2D eigenvalue weighted by atomic mass is 9.96. The van der Waals surface area contributed by atoms with Crippen LogP contribution in [0.2, 0.25) is 0 Å². The first kappa shape index (κ1) is 12.5. The summed E-state index contributed by atoms with van der Waals surface area (Å²) in [4.78, 5) is 4.10. The fraction of sp³-hybridized carbons (Fsp3) is 0.750. The average molecular weight is 244 g/mol. The number of aryl methyl sites for hydroxylation is 1. The highest BCUT2D eigenvalue weighted by atomic mass is 19.3. The van der Waals surface area contributed by atoms with Crippen molar-refractivity contribution in [2.24, 2.45) is 5.92 Å². The maximum absolute atomic E-state index is 13.2. The van der Waals surface area contributed by atoms with Crippen molar-refractivity contribution in [2.45, 2.75) is 39.0 Å². The van der Waals surface area contributed by atoms with Gasteiger partial charge in [0.1, 0.15) is 0 Å². The molecule has 1 atom stereocenters. The van der Waals surface area contributed by atoms with Crippen molar-refractivity contribution in [1.82, 2.24) is 10.3 Å². The third kappa shape index (κ3) is 3.03. The highest BCUT2D eigenvalue weighted by molar-refractivity contribution is 5.13. The van der Waals surface area contributed by atoms with Gasteiger partial charge in [0, 0.05) is 13.3 Å². The number of oxazole rings is 1. The van der Waals surface area contributed by atoms with Crippen molar-refractivity contribution < 1.29 is 13.2 Å². The van der Waals surface area contributed by atoms with Gasteiger partial charge in [-0.25, -0.2) is 4.98 Å². The molecule has 0 aliphatic carbocycles. The fourth-order valence-corrected chi connectivity index (χ4v) is 2.29. The zero-order chi connectivity index (χ0) is 12.5. The highest BCUT2D eigenvalue weighted by Crippen LogP contribution is 2.31. The second-order valence-corrected chi connectivity index (χ2v) is 4.83. The van der Waals surface area contributed by atoms with Gasteiger partial charge in [-0.1, -0.05) is 0 Å². The summed E-state index contributed by atoms with van der Waals surface area (Å²) in [6.07, 6.45) is 2.87. The van der Waals surface area contributed by atoms with Gasteiger partial charge in [0.2, 0.25) is 0 Å². The van der Waals surface area contributed by atoms with Crippen LogP contribution in [0.5, 0.6) is 0 Å². The van der Waals surface area contributed by atoms with Crippen molar-refractivity contribution in [3.8, 4) is 0 Å². The van der Waals surface area contributed by atoms with Crippen LogP contribution in [0.3, 0.4) is 0 Å². The van der Waals surface area contributed by atoms with Gasteiger partial charge in [-0.2, -0.15) is 8.78 Å². The molecule has 0 aromatic carbocycles. The topological polar surface area (TPSA) is 38.1 Å². The summed E-state index contributed by atoms with van der Waals surface area (Å²) in [5, 5.41) is 3.29. The number of nitrogens with one attached hydrogen (secondary N) is 1. The highest BCUT2D eigenvalue weighted by Gasteiger charge is 2.32. The van der Waals surface area contributed by atoms with E-state index in [1.807, 2.05) is 0 Å². The van der Waals surface area contributed by atoms with Crippen LogP contribution in [0.4, 0.5) is 8.78 Å². The van der Waals surface area contributed by atoms with Gasteiger partial charge in [-0.3, -0.25) is 0 Å². The lowest BCUT2D eigenvalue weighted by molar-refractivity contribution is -0.00721. The van der Waals surface area contributed by atoms with Gasteiger partial charge in [-0.15, -0.1) is 0 Å². The van der Waals surface area contributed by atoms with Crippen molar-refractivity contribution >= 4 is 0 Å². The number of aromatic nitrogens is 1. The lowest BCUT2D eigenvalue weighted by Crippen LogP contribution is -2.30. The Bertz CT molecular complexity index is 378. The standard InChI is InChI=1S/C12H18F2N2O/c1-8-11(12(2,13)14)17-10(16-8)6-9-4-3-5-15-7-9/h9,15H,3-7H2,1-2H3. The predicted octanol–water partition coefficient (Wildman–Crippen LogP) is 2.64. The number of halogens is 2. The molecule has 1 saturated heterocycles. The lowest BCUT2D eigenvalue weighted by Gasteiger charge is -2.21. The largest absolute Gasteiger partial charge is 0.439 e. The maximum atomic E-state index is 13.2. The molecular formula is C12H18F2N2O. The number of hydrogen-bond donors (Lipinski definition) is 1. The molecule has 17 heavy (non-hydrogen) atoms. The Morgan fingerprint density at radius 3 is 2.82 bits per heavy atom. The van der Waals surface area contributed by atoms with E-state index in [1.165, 1.54) is 0 Å². The molecule has 1 fully saturated rings. The Morgan fingerprint density at radius 1 is 1.53 bits per heavy atom. The molecule has 1 aromatic rings. The fourth-order valence-electron chi connectivity index (χ4n) is 2.29. The number of hydrogen-bond acceptors (Lipinski definition) is 3. The molecule has 1 aliphatic rings. The van der Waals surface area contributed by atoms with E-state index in [-0.39, 0.29) is 5.76 Å². The van der Waals surface area contributed by atoms with Crippen LogP contribution in [0.1, 0.15) is 37.1 Å². The average Bonchev–Trinajstić information content (AvgIpc) is 2.60. The summed E-state index contributed by atoms with van der Waals surface area (Å²) in [6, 6.07) is 0. The Balaban J connectivity index is 2.06. The summed E-state index contributed by atoms with van der Waals surface area (Å²) in [6.45, 7) is 4.37. The Morgan fingerprint density at radius 2 is 2.29 bits per heavy atom. The van der Waals surface area contributed by atoms with E-state index in [4.69, 9.17) is 4.42 Å². The van der Waals surface area contributed by atoms with Gasteiger partial charge in [0.05, 0.1) is 5.69 Å². The van der Waals surface area contributed by atoms with E-state index in [2.05, 4.69) is 10.3 Å². The van der Waals surface area contributed by atoms with E-state index in [9.17, 15) is 8.78 Å². The predicted molar refractivity (Wildman–Crippen MR) is 60.1 cm³/mol. The van der Waals surface area contributed by atoms with E-state index < -0.39 is 5.92 Å². The monoisotopic (exact) mass is 244 g/mol. The van der Waals surface area contributed by atoms with Crippen molar-refractivity contribution in [3.05, 3.63) is 17.3 Å². The second-order valence-electron chi connectivity index (χ2n) is 4.83. The van der Waals surface area contributed by atoms with Crippen LogP contribution in [-0.2, 0) is 12.3 Å². The Kier molecular flexibility index (Phi) is 3.47. The molecule has 3 nitrogen and oxygen atoms in total. The van der Waals surface area contributed by atoms with Gasteiger partial charge in [0.15, 0.2) is 11.7 Å².